The standard InChI is InChI=1S/C12H14N2O/c13-12(4-5-12)7-8-1-2-10-9(11(8)15)3-6-14-10/h1-3,6,14-15H,4-5,7,13H2. The number of phenols is 1. The first-order valence-corrected chi connectivity index (χ1v) is 5.25. The molecule has 0 amide bonds. The normalized spacial score (nSPS) is 18.2. The second-order valence-electron chi connectivity index (χ2n) is 4.55. The maximum atomic E-state index is 10.1. The van der Waals surface area contributed by atoms with Gasteiger partial charge in [0, 0.05) is 22.6 Å². The number of nitrogens with two attached hydrogens (primary N) is 1. The predicted molar refractivity (Wildman–Crippen MR) is 59.8 cm³/mol. The van der Waals surface area contributed by atoms with Crippen molar-refractivity contribution in [3.05, 3.63) is 30.0 Å². The summed E-state index contributed by atoms with van der Waals surface area (Å²) in [5.74, 6) is 0.380. The highest BCUT2D eigenvalue weighted by atomic mass is 16.3. The smallest absolute Gasteiger partial charge is 0.128 e. The maximum Gasteiger partial charge on any atom is 0.128 e. The summed E-state index contributed by atoms with van der Waals surface area (Å²) in [5.41, 5.74) is 7.92. The number of nitrogens with one attached hydrogen (secondary N) is 1. The van der Waals surface area contributed by atoms with Crippen LogP contribution >= 0.6 is 0 Å². The lowest BCUT2D eigenvalue weighted by atomic mass is 10.0. The molecule has 0 aliphatic heterocycles. The molecule has 15 heavy (non-hydrogen) atoms. The van der Waals surface area contributed by atoms with Crippen LogP contribution in [-0.2, 0) is 6.42 Å². The monoisotopic (exact) mass is 202 g/mol. The average molecular weight is 202 g/mol. The van der Waals surface area contributed by atoms with Crippen LogP contribution in [0.5, 0.6) is 5.75 Å². The van der Waals surface area contributed by atoms with Crippen molar-refractivity contribution in [2.75, 3.05) is 0 Å². The lowest BCUT2D eigenvalue weighted by Gasteiger charge is -2.10. The molecule has 4 N–H and O–H groups in total. The van der Waals surface area contributed by atoms with Crippen LogP contribution in [0.3, 0.4) is 0 Å². The van der Waals surface area contributed by atoms with Crippen LogP contribution in [0.1, 0.15) is 18.4 Å². The van der Waals surface area contributed by atoms with Gasteiger partial charge in [0.2, 0.25) is 0 Å². The molecule has 1 aliphatic carbocycles. The van der Waals surface area contributed by atoms with Gasteiger partial charge in [0.15, 0.2) is 0 Å². The lowest BCUT2D eigenvalue weighted by Crippen LogP contribution is -2.24. The Morgan fingerprint density at radius 1 is 1.33 bits per heavy atom. The number of phenolic OH excluding ortho intramolecular Hbond substituents is 1. The first kappa shape index (κ1) is 8.80. The number of H-pyrrole nitrogens is 1. The molecule has 0 spiro atoms. The van der Waals surface area contributed by atoms with Gasteiger partial charge in [-0.1, -0.05) is 6.07 Å². The van der Waals surface area contributed by atoms with Crippen molar-refractivity contribution in [2.45, 2.75) is 24.8 Å². The Morgan fingerprint density at radius 2 is 2.13 bits per heavy atom. The van der Waals surface area contributed by atoms with Crippen molar-refractivity contribution in [1.82, 2.24) is 4.98 Å². The van der Waals surface area contributed by atoms with E-state index in [1.807, 2.05) is 24.4 Å². The van der Waals surface area contributed by atoms with Gasteiger partial charge < -0.3 is 15.8 Å². The molecule has 2 aromatic rings. The van der Waals surface area contributed by atoms with Gasteiger partial charge in [0.25, 0.3) is 0 Å². The summed E-state index contributed by atoms with van der Waals surface area (Å²) in [6, 6.07) is 5.85. The number of benzene rings is 1. The van der Waals surface area contributed by atoms with E-state index in [-0.39, 0.29) is 5.54 Å². The van der Waals surface area contributed by atoms with E-state index in [1.54, 1.807) is 0 Å². The molecule has 0 atom stereocenters. The Kier molecular flexibility index (Phi) is 1.62. The van der Waals surface area contributed by atoms with Crippen LogP contribution < -0.4 is 5.73 Å². The average Bonchev–Trinajstić information content (AvgIpc) is 2.78. The van der Waals surface area contributed by atoms with Crippen molar-refractivity contribution in [2.24, 2.45) is 5.73 Å². The zero-order chi connectivity index (χ0) is 10.5. The molecule has 3 nitrogen and oxygen atoms in total. The second kappa shape index (κ2) is 2.76. The molecule has 1 aromatic heterocycles. The van der Waals surface area contributed by atoms with Crippen molar-refractivity contribution in [3.63, 3.8) is 0 Å². The van der Waals surface area contributed by atoms with Crippen LogP contribution in [-0.4, -0.2) is 15.6 Å². The molecule has 1 fully saturated rings. The number of aromatic amines is 1. The van der Waals surface area contributed by atoms with Gasteiger partial charge in [-0.25, -0.2) is 0 Å². The van der Waals surface area contributed by atoms with E-state index in [4.69, 9.17) is 5.73 Å². The van der Waals surface area contributed by atoms with Gasteiger partial charge in [-0.15, -0.1) is 0 Å². The highest BCUT2D eigenvalue weighted by Crippen LogP contribution is 2.39. The van der Waals surface area contributed by atoms with Gasteiger partial charge >= 0.3 is 0 Å². The second-order valence-corrected chi connectivity index (χ2v) is 4.55. The van der Waals surface area contributed by atoms with Crippen LogP contribution in [0.4, 0.5) is 0 Å². The summed E-state index contributed by atoms with van der Waals surface area (Å²) < 4.78 is 0. The van der Waals surface area contributed by atoms with Crippen LogP contribution in [0.15, 0.2) is 24.4 Å². The fourth-order valence-electron chi connectivity index (χ4n) is 2.02. The van der Waals surface area contributed by atoms with E-state index in [2.05, 4.69) is 4.98 Å². The Hall–Kier alpha value is -1.48. The third-order valence-corrected chi connectivity index (χ3v) is 3.22. The van der Waals surface area contributed by atoms with Crippen molar-refractivity contribution >= 4 is 10.9 Å². The van der Waals surface area contributed by atoms with Crippen LogP contribution in [0.25, 0.3) is 10.9 Å². The van der Waals surface area contributed by atoms with Gasteiger partial charge in [-0.3, -0.25) is 0 Å². The SMILES string of the molecule is NC1(Cc2ccc3[nH]ccc3c2O)CC1. The minimum atomic E-state index is -0.0541. The maximum absolute atomic E-state index is 10.1. The Bertz CT molecular complexity index is 511. The van der Waals surface area contributed by atoms with E-state index in [1.165, 1.54) is 0 Å². The minimum absolute atomic E-state index is 0.0541. The Balaban J connectivity index is 2.06. The van der Waals surface area contributed by atoms with E-state index < -0.39 is 0 Å². The summed E-state index contributed by atoms with van der Waals surface area (Å²) in [6.45, 7) is 0. The molecule has 78 valence electrons. The predicted octanol–water partition coefficient (Wildman–Crippen LogP) is 1.91. The molecule has 3 rings (SSSR count). The van der Waals surface area contributed by atoms with Crippen molar-refractivity contribution in [3.8, 4) is 5.75 Å². The molecule has 0 saturated heterocycles. The molecule has 1 aliphatic rings. The fraction of sp³-hybridized carbons (Fsp3) is 0.333. The summed E-state index contributed by atoms with van der Waals surface area (Å²) in [6.07, 6.45) is 4.75. The molecular formula is C12H14N2O. The zero-order valence-electron chi connectivity index (χ0n) is 8.46. The van der Waals surface area contributed by atoms with E-state index in [0.717, 1.165) is 35.7 Å². The first-order valence-electron chi connectivity index (χ1n) is 5.25. The molecule has 1 heterocycles. The largest absolute Gasteiger partial charge is 0.507 e. The molecule has 3 heteroatoms. The molecule has 1 aromatic carbocycles. The fourth-order valence-corrected chi connectivity index (χ4v) is 2.02. The van der Waals surface area contributed by atoms with E-state index in [0.29, 0.717) is 5.75 Å². The minimum Gasteiger partial charge on any atom is -0.507 e. The zero-order valence-corrected chi connectivity index (χ0v) is 8.46. The van der Waals surface area contributed by atoms with Crippen LogP contribution in [0.2, 0.25) is 0 Å². The highest BCUT2D eigenvalue weighted by Gasteiger charge is 2.38. The van der Waals surface area contributed by atoms with Crippen molar-refractivity contribution in [1.29, 1.82) is 0 Å². The number of hydrogen-bond donors (Lipinski definition) is 3. The summed E-state index contributed by atoms with van der Waals surface area (Å²) in [7, 11) is 0. The number of hydrogen-bond acceptors (Lipinski definition) is 2. The van der Waals surface area contributed by atoms with Gasteiger partial charge in [0.1, 0.15) is 5.75 Å². The third-order valence-electron chi connectivity index (χ3n) is 3.22. The Labute approximate surface area is 87.9 Å². The van der Waals surface area contributed by atoms with E-state index >= 15 is 0 Å². The number of aromatic nitrogens is 1. The highest BCUT2D eigenvalue weighted by molar-refractivity contribution is 5.86. The number of fused-ring (bicyclic) bond motifs is 1. The molecule has 0 radical (unpaired) electrons. The number of aromatic hydroxyl groups is 1. The lowest BCUT2D eigenvalue weighted by molar-refractivity contribution is 0.470. The Morgan fingerprint density at radius 3 is 2.87 bits per heavy atom. The van der Waals surface area contributed by atoms with Gasteiger partial charge in [0.05, 0.1) is 0 Å². The topological polar surface area (TPSA) is 62.0 Å². The molecular weight excluding hydrogens is 188 g/mol. The quantitative estimate of drug-likeness (QED) is 0.696. The van der Waals surface area contributed by atoms with Gasteiger partial charge in [-0.2, -0.15) is 0 Å². The van der Waals surface area contributed by atoms with E-state index in [9.17, 15) is 5.11 Å². The molecule has 0 bridgehead atoms. The summed E-state index contributed by atoms with van der Waals surface area (Å²) in [4.78, 5) is 3.07. The van der Waals surface area contributed by atoms with Crippen LogP contribution in [0, 0.1) is 0 Å². The molecule has 0 unspecified atom stereocenters. The first-order chi connectivity index (χ1) is 7.18. The summed E-state index contributed by atoms with van der Waals surface area (Å²) in [5, 5.41) is 10.9. The van der Waals surface area contributed by atoms with Gasteiger partial charge in [-0.05, 0) is 37.0 Å². The number of rotatable bonds is 2. The molecule has 1 saturated carbocycles. The van der Waals surface area contributed by atoms with Crippen molar-refractivity contribution < 1.29 is 5.11 Å². The third kappa shape index (κ3) is 1.39. The summed E-state index contributed by atoms with van der Waals surface area (Å²) >= 11 is 0.